The molecule has 0 saturated carbocycles. The lowest BCUT2D eigenvalue weighted by atomic mass is 9.79. The highest BCUT2D eigenvalue weighted by atomic mass is 14.6. The molecule has 15 heavy (non-hydrogen) atoms. The first-order valence-electron chi connectivity index (χ1n) is 6.13. The lowest BCUT2D eigenvalue weighted by Crippen LogP contribution is -2.33. The van der Waals surface area contributed by atoms with Crippen molar-refractivity contribution in [3.05, 3.63) is 35.4 Å². The maximum absolute atomic E-state index is 6.22. The maximum atomic E-state index is 6.22. The molecule has 0 bridgehead atoms. The Kier molecular flexibility index (Phi) is 3.42. The van der Waals surface area contributed by atoms with Crippen molar-refractivity contribution < 1.29 is 0 Å². The molecule has 1 aliphatic rings. The van der Waals surface area contributed by atoms with Crippen LogP contribution >= 0.6 is 0 Å². The lowest BCUT2D eigenvalue weighted by Gasteiger charge is -2.29. The summed E-state index contributed by atoms with van der Waals surface area (Å²) in [6, 6.07) is 9.22. The van der Waals surface area contributed by atoms with E-state index in [4.69, 9.17) is 5.73 Å². The van der Waals surface area contributed by atoms with Gasteiger partial charge >= 0.3 is 0 Å². The van der Waals surface area contributed by atoms with Crippen LogP contribution in [0.25, 0.3) is 0 Å². The summed E-state index contributed by atoms with van der Waals surface area (Å²) < 4.78 is 0. The van der Waals surface area contributed by atoms with Gasteiger partial charge in [-0.15, -0.1) is 0 Å². The van der Waals surface area contributed by atoms with E-state index in [2.05, 4.69) is 31.2 Å². The number of hydrogen-bond donors (Lipinski definition) is 1. The van der Waals surface area contributed by atoms with Gasteiger partial charge in [-0.3, -0.25) is 0 Å². The minimum Gasteiger partial charge on any atom is -0.327 e. The molecule has 1 heteroatoms. The molecule has 0 aliphatic heterocycles. The third kappa shape index (κ3) is 2.40. The summed E-state index contributed by atoms with van der Waals surface area (Å²) in [4.78, 5) is 0. The minimum atomic E-state index is 0.406. The average Bonchev–Trinajstić information content (AvgIpc) is 2.29. The highest BCUT2D eigenvalue weighted by Gasteiger charge is 2.22. The lowest BCUT2D eigenvalue weighted by molar-refractivity contribution is 0.357. The molecule has 1 aromatic rings. The van der Waals surface area contributed by atoms with Gasteiger partial charge in [-0.05, 0) is 42.7 Å². The molecular formula is C14H21N. The Bertz CT molecular complexity index is 319. The van der Waals surface area contributed by atoms with Gasteiger partial charge < -0.3 is 5.73 Å². The molecule has 2 rings (SSSR count). The van der Waals surface area contributed by atoms with Crippen LogP contribution in [-0.4, -0.2) is 6.04 Å². The molecule has 1 unspecified atom stereocenters. The van der Waals surface area contributed by atoms with Crippen LogP contribution in [0, 0.1) is 5.92 Å². The second kappa shape index (κ2) is 4.80. The fraction of sp³-hybridized carbons (Fsp3) is 0.571. The molecule has 82 valence electrons. The standard InChI is InChI=1S/C14H21N/c1-2-5-14(15)13-9-8-11-6-3-4-7-12(11)10-13/h3-4,6-7,13-14H,2,5,8-10,15H2,1H3/t13?,14-/m0/s1. The van der Waals surface area contributed by atoms with Crippen LogP contribution in [0.3, 0.4) is 0 Å². The Morgan fingerprint density at radius 1 is 1.33 bits per heavy atom. The third-order valence-corrected chi connectivity index (χ3v) is 3.61. The predicted molar refractivity (Wildman–Crippen MR) is 64.8 cm³/mol. The van der Waals surface area contributed by atoms with Gasteiger partial charge in [0.05, 0.1) is 0 Å². The molecule has 2 N–H and O–H groups in total. The first kappa shape index (κ1) is 10.7. The number of hydrogen-bond acceptors (Lipinski definition) is 1. The average molecular weight is 203 g/mol. The Hall–Kier alpha value is -0.820. The van der Waals surface area contributed by atoms with Crippen molar-refractivity contribution in [1.82, 2.24) is 0 Å². The van der Waals surface area contributed by atoms with Crippen LogP contribution in [0.2, 0.25) is 0 Å². The van der Waals surface area contributed by atoms with Crippen molar-refractivity contribution in [3.63, 3.8) is 0 Å². The van der Waals surface area contributed by atoms with Crippen LogP contribution in [-0.2, 0) is 12.8 Å². The molecule has 0 aromatic heterocycles. The molecule has 0 radical (unpaired) electrons. The minimum absolute atomic E-state index is 0.406. The van der Waals surface area contributed by atoms with Gasteiger partial charge in [-0.1, -0.05) is 37.6 Å². The first-order chi connectivity index (χ1) is 7.31. The van der Waals surface area contributed by atoms with E-state index in [0.29, 0.717) is 12.0 Å². The fourth-order valence-corrected chi connectivity index (χ4v) is 2.66. The molecule has 1 aromatic carbocycles. The Labute approximate surface area is 92.7 Å². The SMILES string of the molecule is CCC[C@H](N)C1CCc2ccccc2C1. The van der Waals surface area contributed by atoms with Crippen LogP contribution in [0.5, 0.6) is 0 Å². The van der Waals surface area contributed by atoms with Crippen molar-refractivity contribution in [2.45, 2.75) is 45.1 Å². The van der Waals surface area contributed by atoms with Gasteiger partial charge in [-0.25, -0.2) is 0 Å². The molecule has 0 fully saturated rings. The van der Waals surface area contributed by atoms with E-state index >= 15 is 0 Å². The molecule has 0 amide bonds. The van der Waals surface area contributed by atoms with Crippen LogP contribution in [0.1, 0.15) is 37.3 Å². The van der Waals surface area contributed by atoms with Crippen molar-refractivity contribution in [3.8, 4) is 0 Å². The van der Waals surface area contributed by atoms with E-state index in [1.54, 1.807) is 0 Å². The Balaban J connectivity index is 2.05. The summed E-state index contributed by atoms with van der Waals surface area (Å²) in [5, 5.41) is 0. The quantitative estimate of drug-likeness (QED) is 0.803. The summed E-state index contributed by atoms with van der Waals surface area (Å²) in [6.07, 6.45) is 6.07. The zero-order valence-corrected chi connectivity index (χ0v) is 9.58. The van der Waals surface area contributed by atoms with E-state index in [0.717, 1.165) is 0 Å². The van der Waals surface area contributed by atoms with E-state index in [1.807, 2.05) is 0 Å². The highest BCUT2D eigenvalue weighted by Crippen LogP contribution is 2.27. The molecule has 1 aliphatic carbocycles. The molecule has 0 heterocycles. The summed E-state index contributed by atoms with van der Waals surface area (Å²) >= 11 is 0. The number of benzene rings is 1. The van der Waals surface area contributed by atoms with Gasteiger partial charge in [0.1, 0.15) is 0 Å². The number of rotatable bonds is 3. The van der Waals surface area contributed by atoms with Crippen molar-refractivity contribution in [2.24, 2.45) is 11.7 Å². The van der Waals surface area contributed by atoms with E-state index < -0.39 is 0 Å². The number of nitrogens with two attached hydrogens (primary N) is 1. The van der Waals surface area contributed by atoms with E-state index in [9.17, 15) is 0 Å². The van der Waals surface area contributed by atoms with Gasteiger partial charge in [0.15, 0.2) is 0 Å². The van der Waals surface area contributed by atoms with Crippen LogP contribution in [0.4, 0.5) is 0 Å². The molecule has 0 spiro atoms. The first-order valence-corrected chi connectivity index (χ1v) is 6.13. The maximum Gasteiger partial charge on any atom is 0.00703 e. The normalized spacial score (nSPS) is 22.1. The number of fused-ring (bicyclic) bond motifs is 1. The zero-order chi connectivity index (χ0) is 10.7. The van der Waals surface area contributed by atoms with Gasteiger partial charge in [0, 0.05) is 6.04 Å². The molecule has 2 atom stereocenters. The Morgan fingerprint density at radius 3 is 2.80 bits per heavy atom. The second-order valence-electron chi connectivity index (χ2n) is 4.72. The van der Waals surface area contributed by atoms with Crippen LogP contribution < -0.4 is 5.73 Å². The molecule has 0 saturated heterocycles. The monoisotopic (exact) mass is 203 g/mol. The fourth-order valence-electron chi connectivity index (χ4n) is 2.66. The van der Waals surface area contributed by atoms with E-state index in [-0.39, 0.29) is 0 Å². The molecule has 1 nitrogen and oxygen atoms in total. The third-order valence-electron chi connectivity index (χ3n) is 3.61. The van der Waals surface area contributed by atoms with Crippen molar-refractivity contribution in [2.75, 3.05) is 0 Å². The second-order valence-corrected chi connectivity index (χ2v) is 4.72. The van der Waals surface area contributed by atoms with Gasteiger partial charge in [0.25, 0.3) is 0 Å². The highest BCUT2D eigenvalue weighted by molar-refractivity contribution is 5.29. The van der Waals surface area contributed by atoms with E-state index in [1.165, 1.54) is 43.2 Å². The topological polar surface area (TPSA) is 26.0 Å². The number of aryl methyl sites for hydroxylation is 1. The summed E-state index contributed by atoms with van der Waals surface area (Å²) in [5.41, 5.74) is 9.28. The Morgan fingerprint density at radius 2 is 2.07 bits per heavy atom. The van der Waals surface area contributed by atoms with Gasteiger partial charge in [-0.2, -0.15) is 0 Å². The summed E-state index contributed by atoms with van der Waals surface area (Å²) in [5.74, 6) is 0.708. The zero-order valence-electron chi connectivity index (χ0n) is 9.58. The van der Waals surface area contributed by atoms with Crippen molar-refractivity contribution in [1.29, 1.82) is 0 Å². The summed E-state index contributed by atoms with van der Waals surface area (Å²) in [7, 11) is 0. The van der Waals surface area contributed by atoms with Crippen molar-refractivity contribution >= 4 is 0 Å². The van der Waals surface area contributed by atoms with Gasteiger partial charge in [0.2, 0.25) is 0 Å². The predicted octanol–water partition coefficient (Wildman–Crippen LogP) is 2.92. The largest absolute Gasteiger partial charge is 0.327 e. The van der Waals surface area contributed by atoms with Crippen LogP contribution in [0.15, 0.2) is 24.3 Å². The molecular weight excluding hydrogens is 182 g/mol. The summed E-state index contributed by atoms with van der Waals surface area (Å²) in [6.45, 7) is 2.22. The smallest absolute Gasteiger partial charge is 0.00703 e.